The van der Waals surface area contributed by atoms with Crippen LogP contribution in [0.2, 0.25) is 5.02 Å². The number of nitrogens with one attached hydrogen (secondary N) is 1. The largest absolute Gasteiger partial charge is 0.355 e. The monoisotopic (exact) mass is 407 g/mol. The summed E-state index contributed by atoms with van der Waals surface area (Å²) >= 11 is 5.90. The van der Waals surface area contributed by atoms with Gasteiger partial charge in [0, 0.05) is 17.3 Å². The lowest BCUT2D eigenvalue weighted by Gasteiger charge is -2.29. The fourth-order valence-corrected chi connectivity index (χ4v) is 4.87. The Bertz CT molecular complexity index is 916. The minimum atomic E-state index is -3.90. The maximum Gasteiger partial charge on any atom is 0.244 e. The Labute approximate surface area is 164 Å². The molecule has 0 spiro atoms. The van der Waals surface area contributed by atoms with Crippen LogP contribution in [-0.2, 0) is 21.4 Å². The molecule has 0 radical (unpaired) electrons. The van der Waals surface area contributed by atoms with Crippen molar-refractivity contribution in [3.63, 3.8) is 0 Å². The molecule has 1 atom stereocenters. The summed E-state index contributed by atoms with van der Waals surface area (Å²) in [6, 6.07) is 10.7. The summed E-state index contributed by atoms with van der Waals surface area (Å²) in [5.41, 5.74) is 1.39. The Hall–Kier alpha value is -1.96. The number of pyridine rings is 1. The lowest BCUT2D eigenvalue weighted by molar-refractivity contribution is -0.124. The first kappa shape index (κ1) is 19.8. The first-order valence-corrected chi connectivity index (χ1v) is 10.7. The van der Waals surface area contributed by atoms with E-state index in [2.05, 4.69) is 10.3 Å². The van der Waals surface area contributed by atoms with Gasteiger partial charge in [-0.25, -0.2) is 8.42 Å². The van der Waals surface area contributed by atoms with Gasteiger partial charge in [-0.3, -0.25) is 9.78 Å². The number of aromatic nitrogens is 1. The van der Waals surface area contributed by atoms with E-state index in [1.165, 1.54) is 28.6 Å². The lowest BCUT2D eigenvalue weighted by Crippen LogP contribution is -2.48. The SMILES string of the molecule is Cc1cccc(CN([C@@H]2CCCCNC2=O)S(=O)(=O)c2ccc(Cl)cc2)n1. The molecule has 3 rings (SSSR count). The quantitative estimate of drug-likeness (QED) is 0.826. The molecule has 8 heteroatoms. The predicted molar refractivity (Wildman–Crippen MR) is 104 cm³/mol. The number of hydrogen-bond acceptors (Lipinski definition) is 4. The third-order valence-electron chi connectivity index (χ3n) is 4.54. The van der Waals surface area contributed by atoms with Crippen molar-refractivity contribution in [1.29, 1.82) is 0 Å². The number of hydrogen-bond donors (Lipinski definition) is 1. The Morgan fingerprint density at radius 2 is 1.93 bits per heavy atom. The number of halogens is 1. The Morgan fingerprint density at radius 3 is 2.63 bits per heavy atom. The molecule has 6 nitrogen and oxygen atoms in total. The first-order chi connectivity index (χ1) is 12.9. The minimum Gasteiger partial charge on any atom is -0.355 e. The molecule has 0 saturated carbocycles. The van der Waals surface area contributed by atoms with Gasteiger partial charge in [-0.1, -0.05) is 17.7 Å². The highest BCUT2D eigenvalue weighted by Gasteiger charge is 2.36. The number of carbonyl (C=O) groups excluding carboxylic acids is 1. The summed E-state index contributed by atoms with van der Waals surface area (Å²) in [6.07, 6.45) is 2.08. The summed E-state index contributed by atoms with van der Waals surface area (Å²) in [5.74, 6) is -0.266. The van der Waals surface area contributed by atoms with E-state index in [1.807, 2.05) is 19.1 Å². The van der Waals surface area contributed by atoms with Crippen molar-refractivity contribution < 1.29 is 13.2 Å². The van der Waals surface area contributed by atoms with E-state index in [0.29, 0.717) is 23.7 Å². The van der Waals surface area contributed by atoms with Crippen LogP contribution in [0.1, 0.15) is 30.7 Å². The van der Waals surface area contributed by atoms with Crippen LogP contribution in [0.4, 0.5) is 0 Å². The van der Waals surface area contributed by atoms with Gasteiger partial charge in [0.2, 0.25) is 15.9 Å². The van der Waals surface area contributed by atoms with Gasteiger partial charge in [0.25, 0.3) is 0 Å². The van der Waals surface area contributed by atoms with E-state index < -0.39 is 16.1 Å². The van der Waals surface area contributed by atoms with Crippen molar-refractivity contribution in [3.05, 3.63) is 58.9 Å². The van der Waals surface area contributed by atoms with Gasteiger partial charge in [0.15, 0.2) is 0 Å². The number of carbonyl (C=O) groups is 1. The Balaban J connectivity index is 2.02. The second-order valence-corrected chi connectivity index (χ2v) is 8.90. The van der Waals surface area contributed by atoms with Crippen LogP contribution in [-0.4, -0.2) is 36.2 Å². The zero-order valence-corrected chi connectivity index (χ0v) is 16.6. The average Bonchev–Trinajstić information content (AvgIpc) is 2.84. The van der Waals surface area contributed by atoms with Crippen LogP contribution in [0, 0.1) is 6.92 Å². The molecule has 144 valence electrons. The zero-order chi connectivity index (χ0) is 19.4. The van der Waals surface area contributed by atoms with Gasteiger partial charge in [-0.15, -0.1) is 0 Å². The molecule has 1 N–H and O–H groups in total. The van der Waals surface area contributed by atoms with Gasteiger partial charge < -0.3 is 5.32 Å². The molecular weight excluding hydrogens is 386 g/mol. The first-order valence-electron chi connectivity index (χ1n) is 8.85. The second kappa shape index (κ2) is 8.37. The average molecular weight is 408 g/mol. The highest BCUT2D eigenvalue weighted by Crippen LogP contribution is 2.25. The van der Waals surface area contributed by atoms with E-state index in [4.69, 9.17) is 11.6 Å². The number of amides is 1. The maximum absolute atomic E-state index is 13.4. The molecule has 27 heavy (non-hydrogen) atoms. The summed E-state index contributed by atoms with van der Waals surface area (Å²) in [6.45, 7) is 2.44. The third-order valence-corrected chi connectivity index (χ3v) is 6.66. The summed E-state index contributed by atoms with van der Waals surface area (Å²) < 4.78 is 28.0. The summed E-state index contributed by atoms with van der Waals surface area (Å²) in [7, 11) is -3.90. The van der Waals surface area contributed by atoms with Gasteiger partial charge in [0.05, 0.1) is 17.1 Å². The standard InChI is InChI=1S/C19H22ClN3O3S/c1-14-5-4-6-16(22-14)13-23(18-7-2-3-12-21-19(18)24)27(25,26)17-10-8-15(20)9-11-17/h4-6,8-11,18H,2-3,7,12-13H2,1H3,(H,21,24)/t18-/m1/s1. The Morgan fingerprint density at radius 1 is 1.19 bits per heavy atom. The topological polar surface area (TPSA) is 79.4 Å². The third kappa shape index (κ3) is 4.66. The van der Waals surface area contributed by atoms with Gasteiger partial charge in [0.1, 0.15) is 6.04 Å². The van der Waals surface area contributed by atoms with Crippen molar-refractivity contribution in [2.24, 2.45) is 0 Å². The van der Waals surface area contributed by atoms with E-state index in [1.54, 1.807) is 6.07 Å². The van der Waals surface area contributed by atoms with Crippen molar-refractivity contribution in [2.75, 3.05) is 6.54 Å². The van der Waals surface area contributed by atoms with Crippen LogP contribution < -0.4 is 5.32 Å². The predicted octanol–water partition coefficient (Wildman–Crippen LogP) is 2.90. The molecule has 2 heterocycles. The number of aryl methyl sites for hydroxylation is 1. The van der Waals surface area contributed by atoms with E-state index in [0.717, 1.165) is 18.5 Å². The fraction of sp³-hybridized carbons (Fsp3) is 0.368. The van der Waals surface area contributed by atoms with Crippen molar-refractivity contribution >= 4 is 27.5 Å². The molecule has 0 unspecified atom stereocenters. The van der Waals surface area contributed by atoms with E-state index in [-0.39, 0.29) is 17.3 Å². The molecule has 1 aromatic carbocycles. The number of nitrogens with zero attached hydrogens (tertiary/aromatic N) is 2. The van der Waals surface area contributed by atoms with Crippen LogP contribution in [0.15, 0.2) is 47.4 Å². The molecule has 1 saturated heterocycles. The summed E-state index contributed by atoms with van der Waals surface area (Å²) in [5, 5.41) is 3.27. The number of rotatable bonds is 5. The normalized spacial score (nSPS) is 18.2. The molecular formula is C19H22ClN3O3S. The van der Waals surface area contributed by atoms with E-state index in [9.17, 15) is 13.2 Å². The molecule has 1 aromatic heterocycles. The molecule has 0 aliphatic carbocycles. The molecule has 2 aromatic rings. The Kier molecular flexibility index (Phi) is 6.14. The second-order valence-electron chi connectivity index (χ2n) is 6.58. The van der Waals surface area contributed by atoms with Gasteiger partial charge in [-0.05, 0) is 62.6 Å². The minimum absolute atomic E-state index is 0.0325. The van der Waals surface area contributed by atoms with Crippen molar-refractivity contribution in [2.45, 2.75) is 43.7 Å². The lowest BCUT2D eigenvalue weighted by atomic mass is 10.1. The number of sulfonamides is 1. The van der Waals surface area contributed by atoms with E-state index >= 15 is 0 Å². The van der Waals surface area contributed by atoms with Crippen LogP contribution in [0.3, 0.4) is 0 Å². The van der Waals surface area contributed by atoms with Gasteiger partial charge >= 0.3 is 0 Å². The van der Waals surface area contributed by atoms with Crippen LogP contribution in [0.5, 0.6) is 0 Å². The number of benzene rings is 1. The molecule has 1 aliphatic rings. The van der Waals surface area contributed by atoms with Crippen molar-refractivity contribution in [3.8, 4) is 0 Å². The summed E-state index contributed by atoms with van der Waals surface area (Å²) in [4.78, 5) is 17.1. The van der Waals surface area contributed by atoms with Crippen molar-refractivity contribution in [1.82, 2.24) is 14.6 Å². The highest BCUT2D eigenvalue weighted by atomic mass is 35.5. The fourth-order valence-electron chi connectivity index (χ4n) is 3.15. The molecule has 1 amide bonds. The molecule has 0 bridgehead atoms. The zero-order valence-electron chi connectivity index (χ0n) is 15.1. The molecule has 1 aliphatic heterocycles. The maximum atomic E-state index is 13.4. The molecule has 1 fully saturated rings. The van der Waals surface area contributed by atoms with Crippen LogP contribution >= 0.6 is 11.6 Å². The van der Waals surface area contributed by atoms with Crippen LogP contribution in [0.25, 0.3) is 0 Å². The van der Waals surface area contributed by atoms with Gasteiger partial charge in [-0.2, -0.15) is 4.31 Å². The smallest absolute Gasteiger partial charge is 0.244 e. The highest BCUT2D eigenvalue weighted by molar-refractivity contribution is 7.89.